The topological polar surface area (TPSA) is 40.6 Å². The second-order valence-electron chi connectivity index (χ2n) is 8.87. The van der Waals surface area contributed by atoms with Crippen LogP contribution in [-0.4, -0.2) is 49.8 Å². The summed E-state index contributed by atoms with van der Waals surface area (Å²) in [6.45, 7) is 2.81. The van der Waals surface area contributed by atoms with Gasteiger partial charge in [-0.25, -0.2) is 8.42 Å². The maximum atomic E-state index is 13.2. The van der Waals surface area contributed by atoms with E-state index in [0.29, 0.717) is 29.9 Å². The van der Waals surface area contributed by atoms with Crippen LogP contribution in [-0.2, 0) is 10.0 Å². The van der Waals surface area contributed by atoms with Gasteiger partial charge in [-0.15, -0.1) is 0 Å². The molecular weight excluding hydrogens is 404 g/mol. The number of nitrogens with zero attached hydrogens (tertiary/aromatic N) is 2. The Hall–Kier alpha value is -2.21. The van der Waals surface area contributed by atoms with Gasteiger partial charge in [0.25, 0.3) is 0 Å². The lowest BCUT2D eigenvalue weighted by Gasteiger charge is -2.41. The summed E-state index contributed by atoms with van der Waals surface area (Å²) >= 11 is 0. The van der Waals surface area contributed by atoms with Gasteiger partial charge in [0.2, 0.25) is 10.0 Å². The van der Waals surface area contributed by atoms with Crippen molar-refractivity contribution in [3.63, 3.8) is 0 Å². The van der Waals surface area contributed by atoms with Gasteiger partial charge in [0, 0.05) is 32.2 Å². The van der Waals surface area contributed by atoms with Crippen LogP contribution in [0.25, 0.3) is 10.8 Å². The van der Waals surface area contributed by atoms with Crippen LogP contribution < -0.4 is 0 Å². The number of benzene rings is 3. The summed E-state index contributed by atoms with van der Waals surface area (Å²) in [5, 5.41) is 2.04. The minimum atomic E-state index is -3.45. The molecular formula is C26H30N2O2S. The van der Waals surface area contributed by atoms with Crippen LogP contribution in [0, 0.1) is 0 Å². The molecule has 0 amide bonds. The maximum Gasteiger partial charge on any atom is 0.243 e. The molecule has 0 N–H and O–H groups in total. The minimum absolute atomic E-state index is 0.406. The largest absolute Gasteiger partial charge is 0.298 e. The predicted molar refractivity (Wildman–Crippen MR) is 126 cm³/mol. The lowest BCUT2D eigenvalue weighted by molar-refractivity contribution is 0.107. The number of fused-ring (bicyclic) bond motifs is 1. The maximum absolute atomic E-state index is 13.2. The first-order valence-electron chi connectivity index (χ1n) is 11.4. The fourth-order valence-corrected chi connectivity index (χ4v) is 6.74. The molecule has 4 nitrogen and oxygen atoms in total. The van der Waals surface area contributed by atoms with Gasteiger partial charge in [0.15, 0.2) is 0 Å². The zero-order valence-electron chi connectivity index (χ0n) is 17.9. The number of rotatable bonds is 4. The predicted octanol–water partition coefficient (Wildman–Crippen LogP) is 4.87. The van der Waals surface area contributed by atoms with Gasteiger partial charge in [-0.3, -0.25) is 4.90 Å². The van der Waals surface area contributed by atoms with Crippen LogP contribution >= 0.6 is 0 Å². The van der Waals surface area contributed by atoms with Crippen molar-refractivity contribution >= 4 is 20.8 Å². The van der Waals surface area contributed by atoms with E-state index in [9.17, 15) is 8.42 Å². The van der Waals surface area contributed by atoms with Gasteiger partial charge in [-0.1, -0.05) is 60.7 Å². The second-order valence-corrected chi connectivity index (χ2v) is 10.8. The molecule has 5 rings (SSSR count). The highest BCUT2D eigenvalue weighted by Gasteiger charge is 2.33. The normalized spacial score (nSPS) is 23.7. The van der Waals surface area contributed by atoms with Crippen molar-refractivity contribution in [2.45, 2.75) is 42.5 Å². The van der Waals surface area contributed by atoms with Crippen molar-refractivity contribution in [3.05, 3.63) is 78.4 Å². The third kappa shape index (κ3) is 4.27. The molecule has 1 aliphatic heterocycles. The Morgan fingerprint density at radius 3 is 2.03 bits per heavy atom. The lowest BCUT2D eigenvalue weighted by Crippen LogP contribution is -2.52. The highest BCUT2D eigenvalue weighted by atomic mass is 32.2. The molecule has 162 valence electrons. The van der Waals surface area contributed by atoms with E-state index in [2.05, 4.69) is 35.2 Å². The summed E-state index contributed by atoms with van der Waals surface area (Å²) in [4.78, 5) is 2.93. The fourth-order valence-electron chi connectivity index (χ4n) is 5.29. The van der Waals surface area contributed by atoms with Gasteiger partial charge in [0.1, 0.15) is 0 Å². The Morgan fingerprint density at radius 1 is 0.677 bits per heavy atom. The lowest BCUT2D eigenvalue weighted by atomic mass is 9.81. The summed E-state index contributed by atoms with van der Waals surface area (Å²) in [6.07, 6.45) is 4.86. The van der Waals surface area contributed by atoms with Crippen LogP contribution in [0.2, 0.25) is 0 Å². The molecule has 2 fully saturated rings. The van der Waals surface area contributed by atoms with Crippen molar-refractivity contribution in [1.82, 2.24) is 9.21 Å². The van der Waals surface area contributed by atoms with Crippen molar-refractivity contribution in [2.24, 2.45) is 0 Å². The molecule has 1 saturated heterocycles. The van der Waals surface area contributed by atoms with Gasteiger partial charge < -0.3 is 0 Å². The number of piperazine rings is 1. The molecule has 5 heteroatoms. The smallest absolute Gasteiger partial charge is 0.243 e. The first-order chi connectivity index (χ1) is 15.1. The van der Waals surface area contributed by atoms with E-state index < -0.39 is 10.0 Å². The highest BCUT2D eigenvalue weighted by molar-refractivity contribution is 7.89. The van der Waals surface area contributed by atoms with Gasteiger partial charge in [-0.05, 0) is 60.1 Å². The van der Waals surface area contributed by atoms with Crippen molar-refractivity contribution in [1.29, 1.82) is 0 Å². The SMILES string of the molecule is O=S(=O)(c1ccc2ccccc2c1)N1CCN(C2CCC(c3ccccc3)CC2)CC1. The molecule has 1 aliphatic carbocycles. The summed E-state index contributed by atoms with van der Waals surface area (Å²) in [5.74, 6) is 0.673. The molecule has 31 heavy (non-hydrogen) atoms. The molecule has 0 aromatic heterocycles. The van der Waals surface area contributed by atoms with Gasteiger partial charge in [-0.2, -0.15) is 4.31 Å². The monoisotopic (exact) mass is 434 g/mol. The van der Waals surface area contributed by atoms with E-state index in [4.69, 9.17) is 0 Å². The van der Waals surface area contributed by atoms with Crippen molar-refractivity contribution in [2.75, 3.05) is 26.2 Å². The van der Waals surface area contributed by atoms with E-state index in [1.807, 2.05) is 36.4 Å². The van der Waals surface area contributed by atoms with E-state index in [1.54, 1.807) is 10.4 Å². The first kappa shape index (κ1) is 20.7. The zero-order valence-corrected chi connectivity index (χ0v) is 18.7. The average Bonchev–Trinajstić information content (AvgIpc) is 2.84. The quantitative estimate of drug-likeness (QED) is 0.588. The average molecular weight is 435 g/mol. The molecule has 0 spiro atoms. The van der Waals surface area contributed by atoms with E-state index in [-0.39, 0.29) is 0 Å². The van der Waals surface area contributed by atoms with Crippen LogP contribution in [0.3, 0.4) is 0 Å². The Kier molecular flexibility index (Phi) is 5.83. The second kappa shape index (κ2) is 8.73. The van der Waals surface area contributed by atoms with Crippen LogP contribution in [0.15, 0.2) is 77.7 Å². The molecule has 2 aliphatic rings. The van der Waals surface area contributed by atoms with Crippen LogP contribution in [0.4, 0.5) is 0 Å². The van der Waals surface area contributed by atoms with Gasteiger partial charge in [0.05, 0.1) is 4.90 Å². The molecule has 1 saturated carbocycles. The molecule has 0 radical (unpaired) electrons. The molecule has 1 heterocycles. The number of sulfonamides is 1. The van der Waals surface area contributed by atoms with E-state index in [0.717, 1.165) is 23.9 Å². The van der Waals surface area contributed by atoms with Crippen molar-refractivity contribution < 1.29 is 8.42 Å². The van der Waals surface area contributed by atoms with Crippen molar-refractivity contribution in [3.8, 4) is 0 Å². The summed E-state index contributed by atoms with van der Waals surface area (Å²) in [6, 6.07) is 24.8. The Morgan fingerprint density at radius 2 is 1.32 bits per heavy atom. The Labute approximate surface area is 185 Å². The Bertz CT molecular complexity index is 1130. The summed E-state index contributed by atoms with van der Waals surface area (Å²) in [5.41, 5.74) is 1.47. The molecule has 0 atom stereocenters. The molecule has 0 bridgehead atoms. The van der Waals surface area contributed by atoms with E-state index in [1.165, 1.54) is 31.2 Å². The molecule has 0 unspecified atom stereocenters. The van der Waals surface area contributed by atoms with E-state index >= 15 is 0 Å². The third-order valence-corrected chi connectivity index (χ3v) is 9.01. The summed E-state index contributed by atoms with van der Waals surface area (Å²) < 4.78 is 28.1. The minimum Gasteiger partial charge on any atom is -0.298 e. The molecule has 3 aromatic rings. The van der Waals surface area contributed by atoms with Crippen LogP contribution in [0.5, 0.6) is 0 Å². The van der Waals surface area contributed by atoms with Crippen LogP contribution in [0.1, 0.15) is 37.2 Å². The standard InChI is InChI=1S/C26H30N2O2S/c29-31(30,26-15-12-22-8-4-5-9-24(22)20-26)28-18-16-27(17-19-28)25-13-10-23(11-14-25)21-6-2-1-3-7-21/h1-9,12,15,20,23,25H,10-11,13-14,16-19H2. The summed E-state index contributed by atoms with van der Waals surface area (Å²) in [7, 11) is -3.45. The number of hydrogen-bond acceptors (Lipinski definition) is 3. The Balaban J connectivity index is 1.20. The first-order valence-corrected chi connectivity index (χ1v) is 12.8. The molecule has 3 aromatic carbocycles. The zero-order chi connectivity index (χ0) is 21.3. The number of hydrogen-bond donors (Lipinski definition) is 0. The third-order valence-electron chi connectivity index (χ3n) is 7.12. The van der Waals surface area contributed by atoms with Gasteiger partial charge >= 0.3 is 0 Å². The fraction of sp³-hybridized carbons (Fsp3) is 0.385. The highest BCUT2D eigenvalue weighted by Crippen LogP contribution is 2.35.